The second-order valence-electron chi connectivity index (χ2n) is 3.89. The number of hydrogen-bond donors (Lipinski definition) is 1. The van der Waals surface area contributed by atoms with Gasteiger partial charge in [-0.05, 0) is 37.3 Å². The molecule has 1 heterocycles. The van der Waals surface area contributed by atoms with Crippen molar-refractivity contribution in [3.8, 4) is 0 Å². The second-order valence-corrected chi connectivity index (χ2v) is 4.73. The maximum absolute atomic E-state index is 4.49. The molecule has 1 saturated carbocycles. The normalized spacial score (nSPS) is 18.4. The first kappa shape index (κ1) is 10.1. The Morgan fingerprint density at radius 3 is 2.86 bits per heavy atom. The molecule has 1 unspecified atom stereocenters. The average Bonchev–Trinajstić information content (AvgIpc) is 2.95. The average molecular weight is 211 g/mol. The molecule has 0 radical (unpaired) electrons. The highest BCUT2D eigenvalue weighted by Crippen LogP contribution is 2.34. The van der Waals surface area contributed by atoms with Crippen LogP contribution in [0.1, 0.15) is 30.6 Å². The number of nitrogens with zero attached hydrogens (tertiary/aromatic N) is 2. The van der Waals surface area contributed by atoms with Gasteiger partial charge in [-0.25, -0.2) is 4.98 Å². The number of rotatable bonds is 5. The molecule has 1 aliphatic carbocycles. The van der Waals surface area contributed by atoms with E-state index in [2.05, 4.69) is 21.6 Å². The van der Waals surface area contributed by atoms with Crippen molar-refractivity contribution in [2.75, 3.05) is 7.05 Å². The van der Waals surface area contributed by atoms with E-state index in [0.717, 1.165) is 24.6 Å². The van der Waals surface area contributed by atoms with Crippen LogP contribution in [0, 0.1) is 5.92 Å². The van der Waals surface area contributed by atoms with Gasteiger partial charge < -0.3 is 5.32 Å². The summed E-state index contributed by atoms with van der Waals surface area (Å²) in [4.78, 5) is 4.49. The third-order valence-electron chi connectivity index (χ3n) is 2.78. The minimum absolute atomic E-state index is 0.618. The Bertz CT molecular complexity index is 293. The third kappa shape index (κ3) is 2.30. The monoisotopic (exact) mass is 211 g/mol. The summed E-state index contributed by atoms with van der Waals surface area (Å²) >= 11 is 1.56. The molecule has 0 aromatic carbocycles. The summed E-state index contributed by atoms with van der Waals surface area (Å²) in [6, 6.07) is 0.618. The van der Waals surface area contributed by atoms with E-state index in [1.54, 1.807) is 11.5 Å². The van der Waals surface area contributed by atoms with Crippen molar-refractivity contribution in [2.24, 2.45) is 5.92 Å². The molecule has 0 amide bonds. The molecule has 1 N–H and O–H groups in total. The van der Waals surface area contributed by atoms with Crippen LogP contribution in [0.5, 0.6) is 0 Å². The molecular weight excluding hydrogens is 194 g/mol. The highest BCUT2D eigenvalue weighted by molar-refractivity contribution is 7.05. The van der Waals surface area contributed by atoms with Crippen LogP contribution in [0.2, 0.25) is 0 Å². The van der Waals surface area contributed by atoms with Gasteiger partial charge in [-0.3, -0.25) is 0 Å². The molecule has 14 heavy (non-hydrogen) atoms. The largest absolute Gasteiger partial charge is 0.316 e. The van der Waals surface area contributed by atoms with Gasteiger partial charge in [-0.15, -0.1) is 0 Å². The molecule has 1 aromatic heterocycles. The van der Waals surface area contributed by atoms with Crippen LogP contribution in [0.15, 0.2) is 0 Å². The van der Waals surface area contributed by atoms with Crippen LogP contribution >= 0.6 is 11.5 Å². The molecule has 0 aliphatic heterocycles. The first-order valence-corrected chi connectivity index (χ1v) is 6.09. The molecule has 1 aromatic rings. The van der Waals surface area contributed by atoms with Gasteiger partial charge in [0.05, 0.1) is 0 Å². The van der Waals surface area contributed by atoms with E-state index in [9.17, 15) is 0 Å². The Morgan fingerprint density at radius 2 is 2.36 bits per heavy atom. The lowest BCUT2D eigenvalue weighted by Gasteiger charge is -2.12. The lowest BCUT2D eigenvalue weighted by Crippen LogP contribution is -2.29. The smallest absolute Gasteiger partial charge is 0.142 e. The Balaban J connectivity index is 1.94. The molecular formula is C10H17N3S. The van der Waals surface area contributed by atoms with Gasteiger partial charge in [0.1, 0.15) is 10.8 Å². The Morgan fingerprint density at radius 1 is 1.57 bits per heavy atom. The van der Waals surface area contributed by atoms with Crippen molar-refractivity contribution < 1.29 is 0 Å². The number of aryl methyl sites for hydroxylation is 1. The summed E-state index contributed by atoms with van der Waals surface area (Å²) < 4.78 is 4.30. The molecule has 0 saturated heterocycles. The summed E-state index contributed by atoms with van der Waals surface area (Å²) in [5, 5.41) is 4.57. The van der Waals surface area contributed by atoms with Gasteiger partial charge in [0.2, 0.25) is 0 Å². The van der Waals surface area contributed by atoms with E-state index in [4.69, 9.17) is 0 Å². The van der Waals surface area contributed by atoms with Crippen molar-refractivity contribution in [3.05, 3.63) is 10.8 Å². The van der Waals surface area contributed by atoms with Crippen LogP contribution in [0.3, 0.4) is 0 Å². The van der Waals surface area contributed by atoms with E-state index < -0.39 is 0 Å². The summed E-state index contributed by atoms with van der Waals surface area (Å²) in [5.41, 5.74) is 0. The predicted octanol–water partition coefficient (Wildman–Crippen LogP) is 1.64. The Labute approximate surface area is 89.1 Å². The number of nitrogens with one attached hydrogen (secondary N) is 1. The van der Waals surface area contributed by atoms with E-state index in [1.807, 2.05) is 7.05 Å². The summed E-state index contributed by atoms with van der Waals surface area (Å²) in [5.74, 6) is 1.88. The van der Waals surface area contributed by atoms with Crippen molar-refractivity contribution in [2.45, 2.75) is 38.6 Å². The number of likely N-dealkylation sites (N-methyl/N-ethyl adjacent to an activating group) is 1. The molecule has 1 atom stereocenters. The zero-order valence-electron chi connectivity index (χ0n) is 8.79. The molecule has 1 aliphatic rings. The van der Waals surface area contributed by atoms with Crippen LogP contribution in [0.25, 0.3) is 0 Å². The molecule has 0 bridgehead atoms. The zero-order valence-corrected chi connectivity index (χ0v) is 9.60. The minimum atomic E-state index is 0.618. The Kier molecular flexibility index (Phi) is 3.13. The fourth-order valence-electron chi connectivity index (χ4n) is 1.71. The van der Waals surface area contributed by atoms with E-state index in [1.165, 1.54) is 17.8 Å². The minimum Gasteiger partial charge on any atom is -0.316 e. The maximum Gasteiger partial charge on any atom is 0.142 e. The van der Waals surface area contributed by atoms with Gasteiger partial charge in [-0.1, -0.05) is 6.92 Å². The fraction of sp³-hybridized carbons (Fsp3) is 0.800. The molecule has 78 valence electrons. The maximum atomic E-state index is 4.49. The second kappa shape index (κ2) is 4.36. The molecule has 2 rings (SSSR count). The standard InChI is InChI=1S/C10H17N3S/c1-3-9-12-10(14-13-9)6-8(11-2)7-4-5-7/h7-8,11H,3-6H2,1-2H3. The molecule has 0 spiro atoms. The topological polar surface area (TPSA) is 37.8 Å². The van der Waals surface area contributed by atoms with E-state index >= 15 is 0 Å². The van der Waals surface area contributed by atoms with Gasteiger partial charge in [0, 0.05) is 18.9 Å². The number of aromatic nitrogens is 2. The van der Waals surface area contributed by atoms with Gasteiger partial charge >= 0.3 is 0 Å². The quantitative estimate of drug-likeness (QED) is 0.804. The SMILES string of the molecule is CCc1nsc(CC(NC)C2CC2)n1. The molecule has 3 nitrogen and oxygen atoms in total. The first-order chi connectivity index (χ1) is 6.83. The summed E-state index contributed by atoms with van der Waals surface area (Å²) in [6.45, 7) is 2.10. The van der Waals surface area contributed by atoms with Gasteiger partial charge in [-0.2, -0.15) is 4.37 Å². The lowest BCUT2D eigenvalue weighted by molar-refractivity contribution is 0.499. The van der Waals surface area contributed by atoms with E-state index in [-0.39, 0.29) is 0 Å². The first-order valence-electron chi connectivity index (χ1n) is 5.32. The molecule has 1 fully saturated rings. The fourth-order valence-corrected chi connectivity index (χ4v) is 2.49. The van der Waals surface area contributed by atoms with Crippen molar-refractivity contribution in [1.29, 1.82) is 0 Å². The van der Waals surface area contributed by atoms with Crippen molar-refractivity contribution in [1.82, 2.24) is 14.7 Å². The van der Waals surface area contributed by atoms with Crippen molar-refractivity contribution >= 4 is 11.5 Å². The van der Waals surface area contributed by atoms with E-state index in [0.29, 0.717) is 6.04 Å². The van der Waals surface area contributed by atoms with Crippen LogP contribution in [-0.2, 0) is 12.8 Å². The predicted molar refractivity (Wildman–Crippen MR) is 58.6 cm³/mol. The molecule has 4 heteroatoms. The zero-order chi connectivity index (χ0) is 9.97. The van der Waals surface area contributed by atoms with Crippen molar-refractivity contribution in [3.63, 3.8) is 0 Å². The van der Waals surface area contributed by atoms with Gasteiger partial charge in [0.25, 0.3) is 0 Å². The van der Waals surface area contributed by atoms with Crippen LogP contribution in [0.4, 0.5) is 0 Å². The lowest BCUT2D eigenvalue weighted by atomic mass is 10.1. The highest BCUT2D eigenvalue weighted by Gasteiger charge is 2.30. The third-order valence-corrected chi connectivity index (χ3v) is 3.55. The Hall–Kier alpha value is -0.480. The summed E-state index contributed by atoms with van der Waals surface area (Å²) in [7, 11) is 2.05. The highest BCUT2D eigenvalue weighted by atomic mass is 32.1. The van der Waals surface area contributed by atoms with Crippen LogP contribution < -0.4 is 5.32 Å². The van der Waals surface area contributed by atoms with Gasteiger partial charge in [0.15, 0.2) is 0 Å². The number of hydrogen-bond acceptors (Lipinski definition) is 4. The van der Waals surface area contributed by atoms with Crippen LogP contribution in [-0.4, -0.2) is 22.4 Å². The summed E-state index contributed by atoms with van der Waals surface area (Å²) in [6.07, 6.45) is 4.76.